The zero-order valence-corrected chi connectivity index (χ0v) is 16.1. The van der Waals surface area contributed by atoms with Crippen molar-refractivity contribution in [2.45, 2.75) is 44.4 Å². The number of hydrogen-bond donors (Lipinski definition) is 0. The van der Waals surface area contributed by atoms with Gasteiger partial charge in [-0.1, -0.05) is 0 Å². The quantitative estimate of drug-likeness (QED) is 0.738. The number of thiophene rings is 1. The molecule has 6 nitrogen and oxygen atoms in total. The average molecular weight is 386 g/mol. The summed E-state index contributed by atoms with van der Waals surface area (Å²) in [7, 11) is -3.21. The van der Waals surface area contributed by atoms with E-state index in [2.05, 4.69) is 0 Å². The van der Waals surface area contributed by atoms with Crippen LogP contribution in [0.25, 0.3) is 0 Å². The molecule has 0 radical (unpaired) electrons. The number of Topliss-reactive ketones (excluding diaryl/α,β-unsaturated/α-hetero) is 1. The Morgan fingerprint density at radius 1 is 1.32 bits per heavy atom. The van der Waals surface area contributed by atoms with Gasteiger partial charge in [0.15, 0.2) is 15.6 Å². The van der Waals surface area contributed by atoms with Crippen LogP contribution in [-0.2, 0) is 19.4 Å². The summed E-state index contributed by atoms with van der Waals surface area (Å²) in [5.41, 5.74) is 0.695. The largest absolute Gasteiger partial charge is 0.380 e. The molecule has 0 N–H and O–H groups in total. The fraction of sp³-hybridized carbons (Fsp3) is 0.647. The van der Waals surface area contributed by atoms with Crippen LogP contribution in [0.2, 0.25) is 0 Å². The Morgan fingerprint density at radius 3 is 2.76 bits per heavy atom. The van der Waals surface area contributed by atoms with Crippen molar-refractivity contribution >= 4 is 32.9 Å². The molecule has 1 aromatic rings. The van der Waals surface area contributed by atoms with Gasteiger partial charge < -0.3 is 9.64 Å². The Labute approximate surface area is 152 Å². The number of fused-ring (bicyclic) bond motifs is 1. The summed E-state index contributed by atoms with van der Waals surface area (Å²) in [4.78, 5) is 28.7. The third kappa shape index (κ3) is 3.80. The number of aryl methyl sites for hydroxylation is 2. The molecule has 3 heterocycles. The molecule has 2 aliphatic rings. The van der Waals surface area contributed by atoms with Crippen LogP contribution in [0.15, 0.2) is 6.07 Å². The van der Waals surface area contributed by atoms with Crippen molar-refractivity contribution in [1.82, 2.24) is 4.90 Å². The van der Waals surface area contributed by atoms with Gasteiger partial charge in [-0.05, 0) is 26.3 Å². The maximum Gasteiger partial charge on any atom is 0.223 e. The van der Waals surface area contributed by atoms with Crippen molar-refractivity contribution in [1.29, 1.82) is 0 Å². The van der Waals surface area contributed by atoms with E-state index < -0.39 is 15.1 Å². The first kappa shape index (κ1) is 18.5. The van der Waals surface area contributed by atoms with Crippen LogP contribution in [0.3, 0.4) is 0 Å². The van der Waals surface area contributed by atoms with Gasteiger partial charge in [-0.15, -0.1) is 11.3 Å². The van der Waals surface area contributed by atoms with Crippen molar-refractivity contribution in [3.63, 3.8) is 0 Å². The van der Waals surface area contributed by atoms with Gasteiger partial charge in [-0.25, -0.2) is 8.42 Å². The Bertz CT molecular complexity index is 783. The molecular weight excluding hydrogens is 362 g/mol. The van der Waals surface area contributed by atoms with E-state index in [9.17, 15) is 18.0 Å². The maximum absolute atomic E-state index is 12.6. The Balaban J connectivity index is 1.65. The number of ketones is 1. The molecule has 8 heteroatoms. The summed E-state index contributed by atoms with van der Waals surface area (Å²) in [6.07, 6.45) is 0.816. The molecule has 138 valence electrons. The fourth-order valence-electron chi connectivity index (χ4n) is 3.66. The van der Waals surface area contributed by atoms with E-state index >= 15 is 0 Å². The molecular formula is C17H23NO5S2. The molecule has 0 bridgehead atoms. The third-order valence-corrected chi connectivity index (χ3v) is 8.07. The van der Waals surface area contributed by atoms with Crippen molar-refractivity contribution in [2.75, 3.05) is 25.5 Å². The van der Waals surface area contributed by atoms with E-state index in [-0.39, 0.29) is 49.5 Å². The smallest absolute Gasteiger partial charge is 0.223 e. The second-order valence-electron chi connectivity index (χ2n) is 6.67. The molecule has 2 unspecified atom stereocenters. The Kier molecular flexibility index (Phi) is 5.31. The Morgan fingerprint density at radius 2 is 2.08 bits per heavy atom. The fourth-order valence-corrected chi connectivity index (χ4v) is 6.42. The Hall–Kier alpha value is -1.25. The van der Waals surface area contributed by atoms with E-state index in [1.807, 2.05) is 19.9 Å². The molecule has 0 saturated carbocycles. The second kappa shape index (κ2) is 7.17. The second-order valence-corrected chi connectivity index (χ2v) is 10.5. The number of carbonyl (C=O) groups is 2. The lowest BCUT2D eigenvalue weighted by atomic mass is 10.0. The highest BCUT2D eigenvalue weighted by Gasteiger charge is 2.44. The highest BCUT2D eigenvalue weighted by Crippen LogP contribution is 2.27. The van der Waals surface area contributed by atoms with E-state index in [0.717, 1.165) is 9.75 Å². The normalized spacial score (nSPS) is 25.4. The van der Waals surface area contributed by atoms with E-state index in [1.165, 1.54) is 0 Å². The minimum atomic E-state index is -3.21. The lowest BCUT2D eigenvalue weighted by Gasteiger charge is -2.43. The highest BCUT2D eigenvalue weighted by molar-refractivity contribution is 7.92. The van der Waals surface area contributed by atoms with Crippen molar-refractivity contribution < 1.29 is 22.7 Å². The minimum absolute atomic E-state index is 0.0247. The van der Waals surface area contributed by atoms with Gasteiger partial charge in [0.05, 0.1) is 18.4 Å². The summed E-state index contributed by atoms with van der Waals surface area (Å²) in [6, 6.07) is 1.55. The SMILES string of the molecule is Cc1cc(C(=O)CCC(=O)N2CCS(=O)(=O)C3COCCC32)c(C)s1. The van der Waals surface area contributed by atoms with Gasteiger partial charge in [0.25, 0.3) is 0 Å². The molecule has 25 heavy (non-hydrogen) atoms. The van der Waals surface area contributed by atoms with Crippen LogP contribution in [-0.4, -0.2) is 61.8 Å². The zero-order chi connectivity index (χ0) is 18.2. The first-order chi connectivity index (χ1) is 11.8. The number of nitrogens with zero attached hydrogens (tertiary/aromatic N) is 1. The minimum Gasteiger partial charge on any atom is -0.380 e. The molecule has 1 amide bonds. The topological polar surface area (TPSA) is 80.8 Å². The summed E-state index contributed by atoms with van der Waals surface area (Å²) in [6.45, 7) is 4.71. The lowest BCUT2D eigenvalue weighted by molar-refractivity contribution is -0.135. The van der Waals surface area contributed by atoms with Crippen LogP contribution < -0.4 is 0 Å². The first-order valence-electron chi connectivity index (χ1n) is 8.48. The molecule has 0 aliphatic carbocycles. The highest BCUT2D eigenvalue weighted by atomic mass is 32.2. The number of amides is 1. The van der Waals surface area contributed by atoms with Crippen LogP contribution in [0.4, 0.5) is 0 Å². The molecule has 2 atom stereocenters. The molecule has 2 aliphatic heterocycles. The lowest BCUT2D eigenvalue weighted by Crippen LogP contribution is -2.60. The van der Waals surface area contributed by atoms with Gasteiger partial charge in [-0.2, -0.15) is 0 Å². The third-order valence-electron chi connectivity index (χ3n) is 4.98. The van der Waals surface area contributed by atoms with Gasteiger partial charge in [0.1, 0.15) is 5.25 Å². The molecule has 0 aromatic carbocycles. The standard InChI is InChI=1S/C17H23NO5S2/c1-11-9-13(12(2)24-11)15(19)3-4-17(20)18-6-8-25(21,22)16-10-23-7-5-14(16)18/h9,14,16H,3-8,10H2,1-2H3. The van der Waals surface area contributed by atoms with Gasteiger partial charge in [-0.3, -0.25) is 9.59 Å². The van der Waals surface area contributed by atoms with Crippen LogP contribution in [0.1, 0.15) is 39.4 Å². The summed E-state index contributed by atoms with van der Waals surface area (Å²) in [5.74, 6) is -0.187. The maximum atomic E-state index is 12.6. The molecule has 0 spiro atoms. The number of ether oxygens (including phenoxy) is 1. The zero-order valence-electron chi connectivity index (χ0n) is 14.5. The number of carbonyl (C=O) groups excluding carboxylic acids is 2. The van der Waals surface area contributed by atoms with Crippen molar-refractivity contribution in [3.8, 4) is 0 Å². The number of sulfone groups is 1. The molecule has 2 saturated heterocycles. The van der Waals surface area contributed by atoms with Gasteiger partial charge in [0, 0.05) is 41.3 Å². The summed E-state index contributed by atoms with van der Waals surface area (Å²) >= 11 is 1.58. The van der Waals surface area contributed by atoms with Gasteiger partial charge in [0.2, 0.25) is 5.91 Å². The monoisotopic (exact) mass is 385 g/mol. The molecule has 3 rings (SSSR count). The summed E-state index contributed by atoms with van der Waals surface area (Å²) < 4.78 is 29.7. The summed E-state index contributed by atoms with van der Waals surface area (Å²) in [5, 5.41) is -0.628. The van der Waals surface area contributed by atoms with Gasteiger partial charge >= 0.3 is 0 Å². The van der Waals surface area contributed by atoms with Crippen LogP contribution >= 0.6 is 11.3 Å². The van der Waals surface area contributed by atoms with Crippen molar-refractivity contribution in [3.05, 3.63) is 21.4 Å². The van der Waals surface area contributed by atoms with E-state index in [0.29, 0.717) is 18.6 Å². The number of rotatable bonds is 4. The first-order valence-corrected chi connectivity index (χ1v) is 11.0. The van der Waals surface area contributed by atoms with Crippen LogP contribution in [0.5, 0.6) is 0 Å². The molecule has 2 fully saturated rings. The van der Waals surface area contributed by atoms with Crippen LogP contribution in [0, 0.1) is 13.8 Å². The predicted molar refractivity (Wildman–Crippen MR) is 95.9 cm³/mol. The van der Waals surface area contributed by atoms with E-state index in [1.54, 1.807) is 16.2 Å². The number of hydrogen-bond acceptors (Lipinski definition) is 6. The molecule has 1 aromatic heterocycles. The average Bonchev–Trinajstić information content (AvgIpc) is 2.91. The predicted octanol–water partition coefficient (Wildman–Crippen LogP) is 1.74. The van der Waals surface area contributed by atoms with Crippen molar-refractivity contribution in [2.24, 2.45) is 0 Å². The van der Waals surface area contributed by atoms with E-state index in [4.69, 9.17) is 4.74 Å².